The Morgan fingerprint density at radius 3 is 2.58 bits per heavy atom. The number of halogens is 1. The van der Waals surface area contributed by atoms with Crippen molar-refractivity contribution < 1.29 is 19.2 Å². The van der Waals surface area contributed by atoms with Gasteiger partial charge in [0.1, 0.15) is 11.1 Å². The van der Waals surface area contributed by atoms with Crippen LogP contribution in [0.2, 0.25) is 5.02 Å². The molecule has 8 heteroatoms. The molecule has 0 unspecified atom stereocenters. The second-order valence-corrected chi connectivity index (χ2v) is 6.05. The first-order valence-electron chi connectivity index (χ1n) is 7.69. The van der Waals surface area contributed by atoms with Crippen LogP contribution < -0.4 is 5.32 Å². The third kappa shape index (κ3) is 5.49. The fourth-order valence-corrected chi connectivity index (χ4v) is 2.11. The number of esters is 1. The van der Waals surface area contributed by atoms with Crippen LogP contribution in [0, 0.1) is 16.0 Å². The van der Waals surface area contributed by atoms with Crippen LogP contribution in [0.25, 0.3) is 0 Å². The van der Waals surface area contributed by atoms with Gasteiger partial charge in [-0.2, -0.15) is 0 Å². The van der Waals surface area contributed by atoms with Gasteiger partial charge >= 0.3 is 5.97 Å². The predicted molar refractivity (Wildman–Crippen MR) is 90.1 cm³/mol. The highest BCUT2D eigenvalue weighted by Crippen LogP contribution is 2.25. The molecule has 0 fully saturated rings. The Morgan fingerprint density at radius 2 is 2.04 bits per heavy atom. The van der Waals surface area contributed by atoms with Gasteiger partial charge in [0.2, 0.25) is 0 Å². The van der Waals surface area contributed by atoms with Crippen LogP contribution in [0.15, 0.2) is 18.2 Å². The highest BCUT2D eigenvalue weighted by Gasteiger charge is 2.27. The molecule has 0 aliphatic carbocycles. The van der Waals surface area contributed by atoms with Gasteiger partial charge in [0.05, 0.1) is 11.5 Å². The van der Waals surface area contributed by atoms with E-state index in [9.17, 15) is 19.7 Å². The molecule has 0 heterocycles. The van der Waals surface area contributed by atoms with Gasteiger partial charge in [-0.1, -0.05) is 38.8 Å². The normalized spacial score (nSPS) is 11.9. The first-order chi connectivity index (χ1) is 11.3. The minimum absolute atomic E-state index is 0.0538. The molecule has 0 aliphatic rings. The number of carbonyl (C=O) groups is 2. The number of amides is 1. The molecular weight excluding hydrogens is 336 g/mol. The molecule has 1 rings (SSSR count). The lowest BCUT2D eigenvalue weighted by Crippen LogP contribution is -2.45. The zero-order valence-corrected chi connectivity index (χ0v) is 14.6. The number of hydrogen-bond acceptors (Lipinski definition) is 5. The summed E-state index contributed by atoms with van der Waals surface area (Å²) in [5.41, 5.74) is -0.311. The van der Waals surface area contributed by atoms with Crippen molar-refractivity contribution in [2.24, 2.45) is 5.92 Å². The number of benzene rings is 1. The van der Waals surface area contributed by atoms with Crippen molar-refractivity contribution >= 4 is 29.2 Å². The first-order valence-corrected chi connectivity index (χ1v) is 8.07. The molecule has 1 atom stereocenters. The van der Waals surface area contributed by atoms with Crippen molar-refractivity contribution in [3.05, 3.63) is 38.9 Å². The SMILES string of the molecule is CCCCOC(=O)[C@@H](NC(=O)c1ccc(Cl)c([N+](=O)[O-])c1)C(C)C. The molecule has 0 aromatic heterocycles. The Balaban J connectivity index is 2.87. The van der Waals surface area contributed by atoms with Gasteiger partial charge in [-0.05, 0) is 24.5 Å². The van der Waals surface area contributed by atoms with Gasteiger partial charge in [0.15, 0.2) is 0 Å². The van der Waals surface area contributed by atoms with E-state index in [0.717, 1.165) is 18.9 Å². The van der Waals surface area contributed by atoms with E-state index in [2.05, 4.69) is 5.32 Å². The number of nitrogens with zero attached hydrogens (tertiary/aromatic N) is 1. The summed E-state index contributed by atoms with van der Waals surface area (Å²) in [5, 5.41) is 13.4. The van der Waals surface area contributed by atoms with Crippen molar-refractivity contribution in [1.82, 2.24) is 5.32 Å². The first kappa shape index (κ1) is 19.9. The molecule has 24 heavy (non-hydrogen) atoms. The Morgan fingerprint density at radius 1 is 1.38 bits per heavy atom. The Hall–Kier alpha value is -2.15. The number of nitro groups is 1. The molecule has 1 amide bonds. The largest absolute Gasteiger partial charge is 0.464 e. The van der Waals surface area contributed by atoms with Gasteiger partial charge in [-0.3, -0.25) is 14.9 Å². The number of unbranched alkanes of at least 4 members (excludes halogenated alkanes) is 1. The molecule has 1 aromatic carbocycles. The third-order valence-electron chi connectivity index (χ3n) is 3.35. The predicted octanol–water partition coefficient (Wildman–Crippen LogP) is 3.35. The molecule has 0 saturated carbocycles. The summed E-state index contributed by atoms with van der Waals surface area (Å²) >= 11 is 5.73. The number of ether oxygens (including phenoxy) is 1. The lowest BCUT2D eigenvalue weighted by Gasteiger charge is -2.20. The molecule has 132 valence electrons. The smallest absolute Gasteiger partial charge is 0.328 e. The second-order valence-electron chi connectivity index (χ2n) is 5.64. The Kier molecular flexibility index (Phi) is 7.64. The van der Waals surface area contributed by atoms with Gasteiger partial charge in [-0.25, -0.2) is 4.79 Å². The number of carbonyl (C=O) groups excluding carboxylic acids is 2. The van der Waals surface area contributed by atoms with E-state index in [1.165, 1.54) is 12.1 Å². The van der Waals surface area contributed by atoms with Crippen LogP contribution in [0.4, 0.5) is 5.69 Å². The van der Waals surface area contributed by atoms with E-state index in [-0.39, 0.29) is 22.2 Å². The number of hydrogen-bond donors (Lipinski definition) is 1. The minimum atomic E-state index is -0.830. The zero-order valence-electron chi connectivity index (χ0n) is 13.9. The van der Waals surface area contributed by atoms with Gasteiger partial charge in [0.25, 0.3) is 11.6 Å². The molecule has 0 aliphatic heterocycles. The summed E-state index contributed by atoms with van der Waals surface area (Å²) in [5.74, 6) is -1.30. The van der Waals surface area contributed by atoms with Crippen LogP contribution in [0.1, 0.15) is 44.0 Å². The average molecular weight is 357 g/mol. The van der Waals surface area contributed by atoms with Crippen LogP contribution >= 0.6 is 11.6 Å². The van der Waals surface area contributed by atoms with Crippen molar-refractivity contribution in [3.63, 3.8) is 0 Å². The summed E-state index contributed by atoms with van der Waals surface area (Å²) in [6.07, 6.45) is 1.63. The second kappa shape index (κ2) is 9.22. The van der Waals surface area contributed by atoms with E-state index in [4.69, 9.17) is 16.3 Å². The van der Waals surface area contributed by atoms with E-state index in [1.807, 2.05) is 6.92 Å². The molecule has 0 spiro atoms. The van der Waals surface area contributed by atoms with Gasteiger partial charge < -0.3 is 10.1 Å². The van der Waals surface area contributed by atoms with Gasteiger partial charge in [0, 0.05) is 11.6 Å². The van der Waals surface area contributed by atoms with Crippen molar-refractivity contribution in [1.29, 1.82) is 0 Å². The zero-order chi connectivity index (χ0) is 18.3. The Labute approximate surface area is 145 Å². The third-order valence-corrected chi connectivity index (χ3v) is 3.67. The molecule has 0 saturated heterocycles. The number of rotatable bonds is 8. The lowest BCUT2D eigenvalue weighted by atomic mass is 10.0. The van der Waals surface area contributed by atoms with Crippen LogP contribution in [0.5, 0.6) is 0 Å². The van der Waals surface area contributed by atoms with E-state index >= 15 is 0 Å². The summed E-state index contributed by atoms with van der Waals surface area (Å²) in [6, 6.07) is 2.89. The van der Waals surface area contributed by atoms with Crippen LogP contribution in [0.3, 0.4) is 0 Å². The summed E-state index contributed by atoms with van der Waals surface area (Å²) in [7, 11) is 0. The van der Waals surface area contributed by atoms with Crippen molar-refractivity contribution in [3.8, 4) is 0 Å². The highest BCUT2D eigenvalue weighted by molar-refractivity contribution is 6.32. The lowest BCUT2D eigenvalue weighted by molar-refractivity contribution is -0.384. The average Bonchev–Trinajstić information content (AvgIpc) is 2.52. The van der Waals surface area contributed by atoms with E-state index < -0.39 is 22.8 Å². The van der Waals surface area contributed by atoms with E-state index in [0.29, 0.717) is 6.61 Å². The van der Waals surface area contributed by atoms with Gasteiger partial charge in [-0.15, -0.1) is 0 Å². The maximum Gasteiger partial charge on any atom is 0.328 e. The monoisotopic (exact) mass is 356 g/mol. The summed E-state index contributed by atoms with van der Waals surface area (Å²) in [4.78, 5) is 34.6. The molecule has 1 aromatic rings. The molecular formula is C16H21ClN2O5. The van der Waals surface area contributed by atoms with Crippen LogP contribution in [-0.2, 0) is 9.53 Å². The maximum absolute atomic E-state index is 12.3. The quantitative estimate of drug-likeness (QED) is 0.333. The molecule has 0 bridgehead atoms. The highest BCUT2D eigenvalue weighted by atomic mass is 35.5. The minimum Gasteiger partial charge on any atom is -0.464 e. The van der Waals surface area contributed by atoms with Crippen LogP contribution in [-0.4, -0.2) is 29.4 Å². The van der Waals surface area contributed by atoms with Crippen molar-refractivity contribution in [2.45, 2.75) is 39.7 Å². The fraction of sp³-hybridized carbons (Fsp3) is 0.500. The number of nitro benzene ring substituents is 1. The van der Waals surface area contributed by atoms with Crippen molar-refractivity contribution in [2.75, 3.05) is 6.61 Å². The Bertz CT molecular complexity index is 618. The molecule has 0 radical (unpaired) electrons. The molecule has 7 nitrogen and oxygen atoms in total. The summed E-state index contributed by atoms with van der Waals surface area (Å²) < 4.78 is 5.14. The standard InChI is InChI=1S/C16H21ClN2O5/c1-4-5-8-24-16(21)14(10(2)3)18-15(20)11-6-7-12(17)13(9-11)19(22)23/h6-7,9-10,14H,4-5,8H2,1-3H3,(H,18,20)/t14-/m0/s1. The summed E-state index contributed by atoms with van der Waals surface area (Å²) in [6.45, 7) is 5.82. The molecule has 1 N–H and O–H groups in total. The maximum atomic E-state index is 12.3. The topological polar surface area (TPSA) is 98.5 Å². The number of nitrogens with one attached hydrogen (secondary N) is 1. The van der Waals surface area contributed by atoms with E-state index in [1.54, 1.807) is 13.8 Å². The fourth-order valence-electron chi connectivity index (χ4n) is 1.92.